The molecule has 0 amide bonds. The van der Waals surface area contributed by atoms with E-state index < -0.39 is 0 Å². The second-order valence-electron chi connectivity index (χ2n) is 7.77. The average molecular weight is 485 g/mol. The maximum Gasteiger partial charge on any atom is 0.271 e. The molecule has 0 fully saturated rings. The van der Waals surface area contributed by atoms with Gasteiger partial charge in [-0.2, -0.15) is 0 Å². The molecule has 1 unspecified atom stereocenters. The Morgan fingerprint density at radius 1 is 1.06 bits per heavy atom. The van der Waals surface area contributed by atoms with E-state index in [-0.39, 0.29) is 11.6 Å². The number of nitrogens with zero attached hydrogens (tertiary/aromatic N) is 2. The minimum Gasteiger partial charge on any atom is -0.490 e. The second-order valence-corrected chi connectivity index (χ2v) is 9.21. The number of rotatable bonds is 6. The van der Waals surface area contributed by atoms with E-state index in [1.54, 1.807) is 10.6 Å². The fraction of sp³-hybridized carbons (Fsp3) is 0.0714. The van der Waals surface area contributed by atoms with Crippen molar-refractivity contribution in [1.82, 2.24) is 4.57 Å². The van der Waals surface area contributed by atoms with Crippen molar-refractivity contribution >= 4 is 34.7 Å². The quantitative estimate of drug-likeness (QED) is 0.352. The molecule has 3 aromatic carbocycles. The van der Waals surface area contributed by atoms with Crippen LogP contribution in [0.2, 0.25) is 5.02 Å². The van der Waals surface area contributed by atoms with Gasteiger partial charge in [0.15, 0.2) is 4.80 Å². The SMILES string of the molecule is C=CCOc1cccc(C=c2sc3n(c2=O)C(c2ccc(Cl)cc2)C=C(c2ccccc2)N=3)c1. The summed E-state index contributed by atoms with van der Waals surface area (Å²) in [5.41, 5.74) is 3.63. The predicted octanol–water partition coefficient (Wildman–Crippen LogP) is 5.22. The zero-order valence-corrected chi connectivity index (χ0v) is 19.8. The van der Waals surface area contributed by atoms with Crippen molar-refractivity contribution in [3.05, 3.63) is 139 Å². The largest absolute Gasteiger partial charge is 0.490 e. The second kappa shape index (κ2) is 9.67. The summed E-state index contributed by atoms with van der Waals surface area (Å²) in [6, 6.07) is 25.0. The lowest BCUT2D eigenvalue weighted by atomic mass is 10.0. The van der Waals surface area contributed by atoms with Crippen LogP contribution in [0.4, 0.5) is 0 Å². The number of hydrogen-bond donors (Lipinski definition) is 0. The lowest BCUT2D eigenvalue weighted by Crippen LogP contribution is -2.36. The predicted molar refractivity (Wildman–Crippen MR) is 139 cm³/mol. The molecule has 0 spiro atoms. The van der Waals surface area contributed by atoms with E-state index in [2.05, 4.69) is 6.58 Å². The van der Waals surface area contributed by atoms with Crippen LogP contribution in [0.3, 0.4) is 0 Å². The summed E-state index contributed by atoms with van der Waals surface area (Å²) >= 11 is 7.51. The molecule has 0 radical (unpaired) electrons. The molecule has 2 heterocycles. The standard InChI is InChI=1S/C28H21ClN2O2S/c1-2-15-33-23-10-6-7-19(16-23)17-26-27(32)31-25(21-11-13-22(29)14-12-21)18-24(30-28(31)34-26)20-8-4-3-5-9-20/h2-14,16-18,25H,1,15H2. The molecular formula is C28H21ClN2O2S. The number of ether oxygens (including phenoxy) is 1. The van der Waals surface area contributed by atoms with E-state index in [4.69, 9.17) is 21.3 Å². The number of fused-ring (bicyclic) bond motifs is 1. The van der Waals surface area contributed by atoms with Crippen LogP contribution in [0.15, 0.2) is 107 Å². The average Bonchev–Trinajstić information content (AvgIpc) is 3.18. The van der Waals surface area contributed by atoms with Crippen LogP contribution >= 0.6 is 22.9 Å². The van der Waals surface area contributed by atoms with Gasteiger partial charge in [0.2, 0.25) is 0 Å². The number of hydrogen-bond acceptors (Lipinski definition) is 4. The molecular weight excluding hydrogens is 464 g/mol. The highest BCUT2D eigenvalue weighted by Gasteiger charge is 2.22. The highest BCUT2D eigenvalue weighted by Crippen LogP contribution is 2.27. The Labute approximate surface area is 206 Å². The molecule has 0 bridgehead atoms. The summed E-state index contributed by atoms with van der Waals surface area (Å²) in [7, 11) is 0. The van der Waals surface area contributed by atoms with Gasteiger partial charge in [-0.05, 0) is 53.1 Å². The van der Waals surface area contributed by atoms with Crippen LogP contribution in [-0.2, 0) is 0 Å². The molecule has 6 heteroatoms. The first-order valence-electron chi connectivity index (χ1n) is 10.8. The minimum atomic E-state index is -0.284. The fourth-order valence-corrected chi connectivity index (χ4v) is 4.99. The van der Waals surface area contributed by atoms with Crippen molar-refractivity contribution < 1.29 is 4.74 Å². The van der Waals surface area contributed by atoms with E-state index >= 15 is 0 Å². The molecule has 4 aromatic rings. The molecule has 0 aliphatic carbocycles. The molecule has 0 saturated carbocycles. The minimum absolute atomic E-state index is 0.0792. The lowest BCUT2D eigenvalue weighted by Gasteiger charge is -2.19. The van der Waals surface area contributed by atoms with Gasteiger partial charge in [-0.3, -0.25) is 9.36 Å². The first-order valence-corrected chi connectivity index (χ1v) is 12.0. The molecule has 168 valence electrons. The van der Waals surface area contributed by atoms with E-state index in [1.165, 1.54) is 11.3 Å². The summed E-state index contributed by atoms with van der Waals surface area (Å²) in [5.74, 6) is 0.729. The number of thiazole rings is 1. The summed E-state index contributed by atoms with van der Waals surface area (Å²) in [6.07, 6.45) is 5.62. The van der Waals surface area contributed by atoms with Gasteiger partial charge in [0, 0.05) is 5.02 Å². The van der Waals surface area contributed by atoms with Crippen molar-refractivity contribution in [2.24, 2.45) is 4.99 Å². The molecule has 34 heavy (non-hydrogen) atoms. The molecule has 4 nitrogen and oxygen atoms in total. The summed E-state index contributed by atoms with van der Waals surface area (Å²) in [4.78, 5) is 19.1. The summed E-state index contributed by atoms with van der Waals surface area (Å²) in [6.45, 7) is 4.11. The zero-order valence-electron chi connectivity index (χ0n) is 18.2. The van der Waals surface area contributed by atoms with E-state index in [9.17, 15) is 4.79 Å². The van der Waals surface area contributed by atoms with Crippen LogP contribution in [0.5, 0.6) is 5.75 Å². The van der Waals surface area contributed by atoms with Crippen molar-refractivity contribution in [3.63, 3.8) is 0 Å². The van der Waals surface area contributed by atoms with E-state index in [0.29, 0.717) is 21.0 Å². The smallest absolute Gasteiger partial charge is 0.271 e. The van der Waals surface area contributed by atoms with Gasteiger partial charge in [-0.15, -0.1) is 0 Å². The topological polar surface area (TPSA) is 43.6 Å². The first kappa shape index (κ1) is 22.1. The highest BCUT2D eigenvalue weighted by atomic mass is 35.5. The van der Waals surface area contributed by atoms with Crippen molar-refractivity contribution in [3.8, 4) is 5.75 Å². The molecule has 1 aliphatic heterocycles. The third-order valence-electron chi connectivity index (χ3n) is 5.45. The fourth-order valence-electron chi connectivity index (χ4n) is 3.85. The Balaban J connectivity index is 1.66. The van der Waals surface area contributed by atoms with Gasteiger partial charge in [-0.1, -0.05) is 90.2 Å². The number of benzene rings is 3. The Morgan fingerprint density at radius 3 is 2.62 bits per heavy atom. The number of allylic oxidation sites excluding steroid dienone is 1. The normalized spacial score (nSPS) is 15.3. The first-order chi connectivity index (χ1) is 16.6. The summed E-state index contributed by atoms with van der Waals surface area (Å²) < 4.78 is 8.00. The van der Waals surface area contributed by atoms with Crippen LogP contribution in [-0.4, -0.2) is 11.2 Å². The van der Waals surface area contributed by atoms with Gasteiger partial charge in [0.05, 0.1) is 16.3 Å². The summed E-state index contributed by atoms with van der Waals surface area (Å²) in [5, 5.41) is 0.655. The number of aromatic nitrogens is 1. The van der Waals surface area contributed by atoms with Crippen molar-refractivity contribution in [2.45, 2.75) is 6.04 Å². The van der Waals surface area contributed by atoms with E-state index in [0.717, 1.165) is 28.1 Å². The highest BCUT2D eigenvalue weighted by molar-refractivity contribution is 7.07. The molecule has 0 saturated heterocycles. The van der Waals surface area contributed by atoms with Gasteiger partial charge >= 0.3 is 0 Å². The Morgan fingerprint density at radius 2 is 1.85 bits per heavy atom. The van der Waals surface area contributed by atoms with Crippen LogP contribution in [0.1, 0.15) is 22.7 Å². The monoisotopic (exact) mass is 484 g/mol. The third-order valence-corrected chi connectivity index (χ3v) is 6.69. The van der Waals surface area contributed by atoms with Crippen molar-refractivity contribution in [1.29, 1.82) is 0 Å². The maximum atomic E-state index is 13.6. The molecule has 1 atom stereocenters. The van der Waals surface area contributed by atoms with Gasteiger partial charge < -0.3 is 4.74 Å². The van der Waals surface area contributed by atoms with Gasteiger partial charge in [0.25, 0.3) is 5.56 Å². The third kappa shape index (κ3) is 4.53. The Kier molecular flexibility index (Phi) is 6.30. The Hall–Kier alpha value is -3.67. The number of halogens is 1. The lowest BCUT2D eigenvalue weighted by molar-refractivity contribution is 0.363. The van der Waals surface area contributed by atoms with E-state index in [1.807, 2.05) is 91.0 Å². The van der Waals surface area contributed by atoms with Gasteiger partial charge in [0.1, 0.15) is 12.4 Å². The van der Waals surface area contributed by atoms with Crippen LogP contribution in [0, 0.1) is 0 Å². The molecule has 1 aliphatic rings. The molecule has 0 N–H and O–H groups in total. The Bertz CT molecular complexity index is 1550. The van der Waals surface area contributed by atoms with Gasteiger partial charge in [-0.25, -0.2) is 4.99 Å². The van der Waals surface area contributed by atoms with Crippen LogP contribution < -0.4 is 19.6 Å². The maximum absolute atomic E-state index is 13.6. The van der Waals surface area contributed by atoms with Crippen molar-refractivity contribution in [2.75, 3.05) is 6.61 Å². The molecule has 5 rings (SSSR count). The molecule has 1 aromatic heterocycles. The zero-order chi connectivity index (χ0) is 23.5. The van der Waals surface area contributed by atoms with Crippen LogP contribution in [0.25, 0.3) is 11.8 Å².